The highest BCUT2D eigenvalue weighted by molar-refractivity contribution is 8.52. The molecule has 0 radical (unpaired) electrons. The number of anilines is 1. The van der Waals surface area contributed by atoms with Gasteiger partial charge in [0.2, 0.25) is 5.95 Å². The molecule has 0 aromatic carbocycles. The van der Waals surface area contributed by atoms with Crippen LogP contribution < -0.4 is 26.0 Å². The summed E-state index contributed by atoms with van der Waals surface area (Å²) in [4.78, 5) is 54.3. The molecule has 21 heteroatoms. The van der Waals surface area contributed by atoms with Crippen LogP contribution in [0.15, 0.2) is 11.1 Å². The molecule has 3 rings (SSSR count). The Balaban J connectivity index is 1.67. The van der Waals surface area contributed by atoms with Gasteiger partial charge >= 0.3 is 0 Å². The van der Waals surface area contributed by atoms with Crippen molar-refractivity contribution in [3.63, 3.8) is 0 Å². The van der Waals surface area contributed by atoms with E-state index in [4.69, 9.17) is 15.0 Å². The van der Waals surface area contributed by atoms with Crippen LogP contribution in [0.3, 0.4) is 0 Å². The fourth-order valence-electron chi connectivity index (χ4n) is 2.64. The first kappa shape index (κ1) is 24.9. The average Bonchev–Trinajstić information content (AvgIpc) is 3.13. The van der Waals surface area contributed by atoms with E-state index in [0.717, 1.165) is 0 Å². The largest absolute Gasteiger partial charge is 0.790 e. The van der Waals surface area contributed by atoms with E-state index in [-0.39, 0.29) is 23.5 Å². The van der Waals surface area contributed by atoms with Gasteiger partial charge in [0.05, 0.1) is 32.6 Å². The number of nitrogens with zero attached hydrogens (tertiary/aromatic N) is 3. The number of aromatic amines is 1. The zero-order valence-electron chi connectivity index (χ0n) is 14.8. The lowest BCUT2D eigenvalue weighted by Crippen LogP contribution is -2.26. The van der Waals surface area contributed by atoms with Crippen molar-refractivity contribution in [1.29, 1.82) is 0 Å². The van der Waals surface area contributed by atoms with Crippen molar-refractivity contribution in [3.05, 3.63) is 16.7 Å². The molecule has 31 heavy (non-hydrogen) atoms. The molecular weight excluding hydrogens is 523 g/mol. The Morgan fingerprint density at radius 1 is 1.42 bits per heavy atom. The molecule has 16 nitrogen and oxygen atoms in total. The summed E-state index contributed by atoms with van der Waals surface area (Å²) in [5.74, 6) is -0.161. The van der Waals surface area contributed by atoms with Crippen LogP contribution in [0.25, 0.3) is 11.2 Å². The Labute approximate surface area is 182 Å². The molecule has 1 aliphatic rings. The normalized spacial score (nSPS) is 26.0. The van der Waals surface area contributed by atoms with E-state index in [2.05, 4.69) is 47.6 Å². The molecule has 1 fully saturated rings. The molecule has 0 saturated carbocycles. The topological polar surface area (TPSA) is 250 Å². The van der Waals surface area contributed by atoms with Crippen LogP contribution in [0, 0.1) is 0 Å². The minimum absolute atomic E-state index is 0.00622. The Kier molecular flexibility index (Phi) is 7.16. The molecular formula is C10H12N5O11P3S2-4. The Morgan fingerprint density at radius 3 is 2.74 bits per heavy atom. The number of rotatable bonds is 8. The molecule has 1 saturated heterocycles. The molecule has 0 spiro atoms. The van der Waals surface area contributed by atoms with Crippen LogP contribution in [0.1, 0.15) is 12.6 Å². The number of aromatic nitrogens is 4. The monoisotopic (exact) mass is 535 g/mol. The second kappa shape index (κ2) is 8.91. The quantitative estimate of drug-likeness (QED) is 0.233. The molecule has 2 unspecified atom stereocenters. The molecule has 2 aromatic rings. The molecule has 0 bridgehead atoms. The standard InChI is InChI=1S/C10H16N5O11P3S2/c11-10-13-8-7(9(17)14-10)12-3-15(8)6-1-4(16)5(24-6)2-23-29(30,31)26-28(21,22)25-27(18,19)20/h3-6,16H,1-2H2,(H,21,22)(H,30,31)(H2,18,19,20)(H3,11,13,14,17)/p-4/t4-,5+,6+/m0/s1. The van der Waals surface area contributed by atoms with E-state index in [1.807, 2.05) is 0 Å². The number of nitrogens with two attached hydrogens (primary N) is 1. The number of aliphatic hydroxyl groups excluding tert-OH is 1. The maximum Gasteiger partial charge on any atom is 0.280 e. The number of aliphatic hydroxyl groups is 1. The minimum atomic E-state index is -5.93. The number of ether oxygens (including phenoxy) is 1. The highest BCUT2D eigenvalue weighted by atomic mass is 32.9. The number of nitrogen functional groups attached to an aromatic ring is 1. The Morgan fingerprint density at radius 2 is 2.10 bits per heavy atom. The third kappa shape index (κ3) is 6.42. The van der Waals surface area contributed by atoms with Gasteiger partial charge in [0.1, 0.15) is 12.3 Å². The van der Waals surface area contributed by atoms with Crippen LogP contribution >= 0.6 is 21.3 Å². The summed E-state index contributed by atoms with van der Waals surface area (Å²) in [6.45, 7) is -0.548. The number of nitrogens with one attached hydrogen (secondary N) is 1. The number of H-pyrrole nitrogens is 1. The summed E-state index contributed by atoms with van der Waals surface area (Å²) < 4.78 is 41.3. The van der Waals surface area contributed by atoms with Gasteiger partial charge in [0.25, 0.3) is 13.4 Å². The van der Waals surface area contributed by atoms with Gasteiger partial charge in [-0.2, -0.15) is 4.98 Å². The highest BCUT2D eigenvalue weighted by Crippen LogP contribution is 2.63. The van der Waals surface area contributed by atoms with Crippen molar-refractivity contribution in [2.24, 2.45) is 0 Å². The van der Waals surface area contributed by atoms with Gasteiger partial charge in [-0.3, -0.25) is 27.5 Å². The first-order valence-electron chi connectivity index (χ1n) is 7.93. The van der Waals surface area contributed by atoms with Gasteiger partial charge in [-0.15, -0.1) is 0 Å². The lowest BCUT2D eigenvalue weighted by molar-refractivity contribution is -0.339. The number of hydrogen-bond donors (Lipinski definition) is 3. The second-order valence-corrected chi connectivity index (χ2v) is 13.8. The summed E-state index contributed by atoms with van der Waals surface area (Å²) in [7, 11) is -11.6. The third-order valence-corrected chi connectivity index (χ3v) is 9.26. The minimum Gasteiger partial charge on any atom is -0.790 e. The molecule has 4 N–H and O–H groups in total. The van der Waals surface area contributed by atoms with Crippen molar-refractivity contribution >= 4 is 62.5 Å². The number of phosphoric acid groups is 2. The Hall–Kier alpha value is -0.710. The summed E-state index contributed by atoms with van der Waals surface area (Å²) in [6.07, 6.45) is -1.83. The number of imidazole rings is 1. The van der Waals surface area contributed by atoms with E-state index in [0.29, 0.717) is 0 Å². The van der Waals surface area contributed by atoms with Gasteiger partial charge < -0.3 is 51.6 Å². The third-order valence-electron chi connectivity index (χ3n) is 3.76. The number of hydrogen-bond acceptors (Lipinski definition) is 16. The van der Waals surface area contributed by atoms with Gasteiger partial charge in [-0.25, -0.2) is 4.98 Å². The number of fused-ring (bicyclic) bond motifs is 1. The van der Waals surface area contributed by atoms with Crippen molar-refractivity contribution in [2.75, 3.05) is 12.3 Å². The predicted molar refractivity (Wildman–Crippen MR) is 102 cm³/mol. The zero-order valence-corrected chi connectivity index (χ0v) is 19.1. The van der Waals surface area contributed by atoms with E-state index >= 15 is 0 Å². The molecule has 3 heterocycles. The first-order valence-corrected chi connectivity index (χ1v) is 14.5. The van der Waals surface area contributed by atoms with E-state index < -0.39 is 51.9 Å². The first-order chi connectivity index (χ1) is 14.2. The van der Waals surface area contributed by atoms with Gasteiger partial charge in [-0.1, -0.05) is 11.8 Å². The molecule has 0 aliphatic carbocycles. The maximum absolute atomic E-state index is 11.9. The van der Waals surface area contributed by atoms with Crippen LogP contribution in [-0.2, 0) is 51.1 Å². The van der Waals surface area contributed by atoms with Gasteiger partial charge in [0, 0.05) is 6.42 Å². The fourth-order valence-corrected chi connectivity index (χ4v) is 7.34. The van der Waals surface area contributed by atoms with E-state index in [9.17, 15) is 33.7 Å². The van der Waals surface area contributed by atoms with Crippen molar-refractivity contribution < 1.29 is 46.8 Å². The maximum atomic E-state index is 11.9. The SMILES string of the molecule is Nc1nc2c(ncn2[C@H]2C[C@H](O)[C@@H](COP(=S)([S-])OP(=O)([O-])OP(=O)([O-])[O-])O2)c(=O)[nH]1. The van der Waals surface area contributed by atoms with Crippen LogP contribution in [0.2, 0.25) is 0 Å². The summed E-state index contributed by atoms with van der Waals surface area (Å²) >= 11 is 9.35. The summed E-state index contributed by atoms with van der Waals surface area (Å²) in [5, 5.41) is 10.2. The molecule has 1 aliphatic heterocycles. The lowest BCUT2D eigenvalue weighted by Gasteiger charge is -2.40. The molecule has 2 aromatic heterocycles. The van der Waals surface area contributed by atoms with Crippen molar-refractivity contribution in [3.8, 4) is 0 Å². The summed E-state index contributed by atoms with van der Waals surface area (Å²) in [5.41, 5.74) is 0.955. The molecule has 174 valence electrons. The lowest BCUT2D eigenvalue weighted by atomic mass is 10.2. The molecule has 0 amide bonds. The Bertz CT molecular complexity index is 1180. The van der Waals surface area contributed by atoms with E-state index in [1.54, 1.807) is 0 Å². The van der Waals surface area contributed by atoms with Crippen LogP contribution in [-0.4, -0.2) is 43.4 Å². The van der Waals surface area contributed by atoms with E-state index in [1.165, 1.54) is 10.9 Å². The average molecular weight is 535 g/mol. The second-order valence-electron chi connectivity index (χ2n) is 6.01. The van der Waals surface area contributed by atoms with Crippen LogP contribution in [0.5, 0.6) is 0 Å². The van der Waals surface area contributed by atoms with Crippen LogP contribution in [0.4, 0.5) is 5.95 Å². The fraction of sp³-hybridized carbons (Fsp3) is 0.500. The van der Waals surface area contributed by atoms with Gasteiger partial charge in [-0.05, 0) is 0 Å². The molecule has 5 atom stereocenters. The predicted octanol–water partition coefficient (Wildman–Crippen LogP) is -2.53. The van der Waals surface area contributed by atoms with Crippen molar-refractivity contribution in [2.45, 2.75) is 24.9 Å². The van der Waals surface area contributed by atoms with Gasteiger partial charge in [0.15, 0.2) is 11.2 Å². The zero-order chi connectivity index (χ0) is 23.2. The van der Waals surface area contributed by atoms with Crippen molar-refractivity contribution in [1.82, 2.24) is 19.5 Å². The highest BCUT2D eigenvalue weighted by Gasteiger charge is 2.36. The summed E-state index contributed by atoms with van der Waals surface area (Å²) in [6, 6.07) is 0. The smallest absolute Gasteiger partial charge is 0.280 e.